The number of aliphatic hydroxyl groups excluding tert-OH is 2. The van der Waals surface area contributed by atoms with Gasteiger partial charge in [0.2, 0.25) is 82.7 Å². The quantitative estimate of drug-likeness (QED) is 0.0540. The Kier molecular flexibility index (Phi) is 34.1. The van der Waals surface area contributed by atoms with Crippen LogP contribution >= 0.6 is 43.2 Å². The van der Waals surface area contributed by atoms with Gasteiger partial charge in [-0.15, -0.1) is 0 Å². The number of nitrogens with one attached hydrogen (secondary N) is 15. The topological polar surface area (TPSA) is 555 Å². The van der Waals surface area contributed by atoms with Gasteiger partial charge in [0.05, 0.1) is 31.3 Å². The third kappa shape index (κ3) is 27.3. The van der Waals surface area contributed by atoms with E-state index in [0.29, 0.717) is 46.5 Å². The molecule has 14 amide bonds. The minimum atomic E-state index is -1.91. The number of phenols is 1. The van der Waals surface area contributed by atoms with E-state index < -0.39 is 240 Å². The van der Waals surface area contributed by atoms with Gasteiger partial charge in [0.25, 0.3) is 0 Å². The minimum Gasteiger partial charge on any atom is -0.508 e. The van der Waals surface area contributed by atoms with Crippen LogP contribution in [0.25, 0.3) is 0 Å². The molecule has 36 nitrogen and oxygen atoms in total. The summed E-state index contributed by atoms with van der Waals surface area (Å²) in [6.45, 7) is 7.91. The van der Waals surface area contributed by atoms with Crippen molar-refractivity contribution in [1.82, 2.24) is 79.8 Å². The summed E-state index contributed by atoms with van der Waals surface area (Å²) < 4.78 is 0. The fourth-order valence-electron chi connectivity index (χ4n) is 9.32. The number of phenolic OH excluding ortho intramolecular Hbond substituents is 1. The largest absolute Gasteiger partial charge is 0.508 e. The van der Waals surface area contributed by atoms with Crippen molar-refractivity contribution in [3.63, 3.8) is 0 Å². The van der Waals surface area contributed by atoms with Gasteiger partial charge in [0.15, 0.2) is 0 Å². The van der Waals surface area contributed by atoms with Gasteiger partial charge in [-0.1, -0.05) is 75.6 Å². The Hall–Kier alpha value is -8.18. The van der Waals surface area contributed by atoms with Gasteiger partial charge in [-0.05, 0) is 84.0 Å². The first-order chi connectivity index (χ1) is 46.2. The summed E-state index contributed by atoms with van der Waals surface area (Å²) in [6.07, 6.45) is -3.87. The van der Waals surface area contributed by atoms with Crippen LogP contribution in [0.1, 0.15) is 86.1 Å². The molecule has 2 bridgehead atoms. The molecule has 4 aliphatic heterocycles. The second kappa shape index (κ2) is 40.6. The Bertz CT molecular complexity index is 3060. The molecule has 0 saturated carbocycles. The molecule has 0 aromatic heterocycles. The van der Waals surface area contributed by atoms with Gasteiger partial charge in [-0.2, -0.15) is 0 Å². The SMILES string of the molecule is CC[C@H](C)C1NC(=O)[C@H](CCC(=O)O)NC(=O)[C@@H](NC(=O)[C@@H](NC(=O)CNC(=O)[C@@H]2CCCN2)[C@@H](C)O)CSSC[C@@H]2NC(=O)[C@H](C)NC(=O)[C@H](C)NC(=O)C(Cc3ccc(O)cc3)NC(=O)[C@H](C)NC(=O)[C@H](CSSCC(C(=O)O)NC(=O)CNC(=O)[C@H]([C@@H](C)O)NC2=O)NC1=O. The summed E-state index contributed by atoms with van der Waals surface area (Å²) in [5, 5.41) is 88.1. The van der Waals surface area contributed by atoms with Gasteiger partial charge in [-0.3, -0.25) is 71.9 Å². The van der Waals surface area contributed by atoms with Gasteiger partial charge < -0.3 is 105 Å². The number of aliphatic hydroxyl groups is 2. The average Bonchev–Trinajstić information content (AvgIpc) is 0.958. The maximum atomic E-state index is 14.7. The molecule has 4 fully saturated rings. The summed E-state index contributed by atoms with van der Waals surface area (Å²) >= 11 is 0. The van der Waals surface area contributed by atoms with Gasteiger partial charge in [0.1, 0.15) is 78.3 Å². The van der Waals surface area contributed by atoms with Crippen molar-refractivity contribution in [2.45, 2.75) is 178 Å². The highest BCUT2D eigenvalue weighted by Crippen LogP contribution is 2.26. The van der Waals surface area contributed by atoms with Crippen LogP contribution in [0.2, 0.25) is 0 Å². The fourth-order valence-corrected chi connectivity index (χ4v) is 14.0. The molecular formula is C58H87N15O21S4. The molecule has 544 valence electrons. The molecule has 98 heavy (non-hydrogen) atoms. The predicted octanol–water partition coefficient (Wildman–Crippen LogP) is -6.66. The first kappa shape index (κ1) is 82.2. The van der Waals surface area contributed by atoms with Gasteiger partial charge in [0, 0.05) is 35.9 Å². The highest BCUT2D eigenvalue weighted by atomic mass is 33.1. The van der Waals surface area contributed by atoms with Crippen molar-refractivity contribution in [1.29, 1.82) is 0 Å². The molecule has 0 radical (unpaired) electrons. The zero-order valence-corrected chi connectivity index (χ0v) is 57.9. The van der Waals surface area contributed by atoms with E-state index in [9.17, 15) is 102 Å². The molecule has 3 unspecified atom stereocenters. The van der Waals surface area contributed by atoms with Crippen molar-refractivity contribution in [2.75, 3.05) is 42.6 Å². The minimum absolute atomic E-state index is 0.137. The Balaban J connectivity index is 1.92. The molecule has 4 aliphatic rings. The number of carbonyl (C=O) groups excluding carboxylic acids is 14. The number of fused-ring (bicyclic) bond motifs is 37. The van der Waals surface area contributed by atoms with E-state index >= 15 is 0 Å². The van der Waals surface area contributed by atoms with Crippen LogP contribution in [-0.2, 0) is 83.1 Å². The van der Waals surface area contributed by atoms with Crippen LogP contribution in [-0.4, -0.2) is 254 Å². The molecule has 4 heterocycles. The molecule has 0 aliphatic carbocycles. The smallest absolute Gasteiger partial charge is 0.327 e. The number of carboxylic acid groups (broad SMARTS) is 2. The average molecular weight is 1460 g/mol. The number of carboxylic acids is 2. The summed E-state index contributed by atoms with van der Waals surface area (Å²) in [6, 6.07) is -15.5. The summed E-state index contributed by atoms with van der Waals surface area (Å²) in [4.78, 5) is 220. The first-order valence-electron chi connectivity index (χ1n) is 31.2. The fraction of sp³-hybridized carbons (Fsp3) is 0.621. The van der Waals surface area contributed by atoms with Crippen molar-refractivity contribution in [3.05, 3.63) is 29.8 Å². The second-order valence-electron chi connectivity index (χ2n) is 23.4. The number of benzene rings is 1. The van der Waals surface area contributed by atoms with E-state index in [2.05, 4.69) is 79.8 Å². The molecule has 1 aromatic carbocycles. The third-order valence-electron chi connectivity index (χ3n) is 15.3. The summed E-state index contributed by atoms with van der Waals surface area (Å²) in [7, 11) is 2.96. The predicted molar refractivity (Wildman–Crippen MR) is 356 cm³/mol. The normalized spacial score (nSPS) is 27.6. The van der Waals surface area contributed by atoms with Crippen LogP contribution in [0, 0.1) is 5.92 Å². The lowest BCUT2D eigenvalue weighted by atomic mass is 9.97. The van der Waals surface area contributed by atoms with Crippen molar-refractivity contribution < 1.29 is 102 Å². The Morgan fingerprint density at radius 1 is 0.592 bits per heavy atom. The van der Waals surface area contributed by atoms with Crippen LogP contribution in [0.3, 0.4) is 0 Å². The summed E-state index contributed by atoms with van der Waals surface area (Å²) in [5.74, 6) is -20.8. The zero-order chi connectivity index (χ0) is 73.1. The number of aliphatic carboxylic acids is 2. The van der Waals surface area contributed by atoms with E-state index in [0.717, 1.165) is 35.4 Å². The Morgan fingerprint density at radius 3 is 1.69 bits per heavy atom. The first-order valence-corrected chi connectivity index (χ1v) is 36.2. The van der Waals surface area contributed by atoms with Gasteiger partial charge in [-0.25, -0.2) is 4.79 Å². The van der Waals surface area contributed by atoms with E-state index in [1.165, 1.54) is 52.0 Å². The number of carbonyl (C=O) groups is 16. The molecule has 16 atom stereocenters. The number of rotatable bonds is 16. The monoisotopic (exact) mass is 1460 g/mol. The van der Waals surface area contributed by atoms with Crippen LogP contribution in [0.5, 0.6) is 5.75 Å². The number of hydrogen-bond acceptors (Lipinski definition) is 24. The standard InChI is InChI=1S/C58H87N15O21S4/c1-8-25(2)43-56(91)69-36-21-97-98-24-39(58(93)94)65-40(77)19-61-55(90)44(29(6)74)73-54(89)38(68-48(83)27(4)62-46(81)26(3)63-51(86)35(18-31-11-13-32(76)14-12-31)67-47(82)28(5)64-52(36)87)23-96-95-22-37(53(88)66-34(50(85)72-43)15-16-42(79)80)70-57(92)45(30(7)75)71-41(78)20-60-49(84)33-10-9-17-59-33/h11-14,25-30,33-39,43-45,59,74-76H,8-10,15-24H2,1-7H3,(H,60,84)(H,61,90)(H,62,81)(H,63,86)(H,64,87)(H,65,77)(H,66,88)(H,67,82)(H,68,83)(H,69,91)(H,70,92)(H,71,78)(H,72,85)(H,73,89)(H,79,80)(H,93,94)/t25-,26-,27-,28-,29+,30+,33-,34-,35?,36-,37-,38-,39?,43?,44-,45-/m0/s1. The van der Waals surface area contributed by atoms with Crippen molar-refractivity contribution >= 4 is 138 Å². The maximum absolute atomic E-state index is 14.7. The van der Waals surface area contributed by atoms with Gasteiger partial charge >= 0.3 is 11.9 Å². The third-order valence-corrected chi connectivity index (χ3v) is 20.2. The van der Waals surface area contributed by atoms with Crippen molar-refractivity contribution in [3.8, 4) is 5.75 Å². The van der Waals surface area contributed by atoms with Crippen molar-refractivity contribution in [2.24, 2.45) is 5.92 Å². The lowest BCUT2D eigenvalue weighted by molar-refractivity contribution is -0.141. The number of aromatic hydroxyl groups is 1. The molecule has 1 aromatic rings. The van der Waals surface area contributed by atoms with Crippen LogP contribution < -0.4 is 79.8 Å². The molecular weight excluding hydrogens is 1370 g/mol. The lowest BCUT2D eigenvalue weighted by Gasteiger charge is -2.29. The molecule has 5 rings (SSSR count). The molecule has 4 saturated heterocycles. The Morgan fingerprint density at radius 2 is 1.12 bits per heavy atom. The Labute approximate surface area is 578 Å². The highest BCUT2D eigenvalue weighted by Gasteiger charge is 2.39. The number of amides is 14. The van der Waals surface area contributed by atoms with E-state index in [-0.39, 0.29) is 18.6 Å². The van der Waals surface area contributed by atoms with E-state index in [4.69, 9.17) is 0 Å². The van der Waals surface area contributed by atoms with E-state index in [1.54, 1.807) is 6.92 Å². The molecule has 0 spiro atoms. The summed E-state index contributed by atoms with van der Waals surface area (Å²) in [5.41, 5.74) is 0.383. The maximum Gasteiger partial charge on any atom is 0.327 e. The highest BCUT2D eigenvalue weighted by molar-refractivity contribution is 8.77. The molecule has 20 N–H and O–H groups in total. The zero-order valence-electron chi connectivity index (χ0n) is 54.6. The van der Waals surface area contributed by atoms with Crippen LogP contribution in [0.15, 0.2) is 24.3 Å². The van der Waals surface area contributed by atoms with Crippen LogP contribution in [0.4, 0.5) is 0 Å². The van der Waals surface area contributed by atoms with E-state index in [1.807, 2.05) is 0 Å². The number of hydrogen-bond donors (Lipinski definition) is 20. The molecule has 40 heteroatoms. The lowest BCUT2D eigenvalue weighted by Crippen LogP contribution is -2.62. The second-order valence-corrected chi connectivity index (χ2v) is 28.5.